The fraction of sp³-hybridized carbons (Fsp3) is 0.417. The number of aryl methyl sites for hydroxylation is 1. The minimum Gasteiger partial charge on any atom is -0.434 e. The molecule has 15 heavy (non-hydrogen) atoms. The first-order chi connectivity index (χ1) is 7.25. The number of benzene rings is 1. The zero-order chi connectivity index (χ0) is 10.7. The van der Waals surface area contributed by atoms with Crippen molar-refractivity contribution in [1.82, 2.24) is 0 Å². The molecule has 1 aliphatic heterocycles. The molecule has 2 atom stereocenters. The summed E-state index contributed by atoms with van der Waals surface area (Å²) in [4.78, 5) is 11.0. The summed E-state index contributed by atoms with van der Waals surface area (Å²) in [5.41, 5.74) is 1.23. The number of rotatable bonds is 3. The van der Waals surface area contributed by atoms with Crippen molar-refractivity contribution in [3.8, 4) is 0 Å². The highest BCUT2D eigenvalue weighted by Gasteiger charge is 2.30. The fourth-order valence-corrected chi connectivity index (χ4v) is 1.59. The maximum absolute atomic E-state index is 11.0. The van der Waals surface area contributed by atoms with Gasteiger partial charge in [-0.05, 0) is 18.9 Å². The molecule has 0 N–H and O–H groups in total. The number of hydrogen-bond acceptors (Lipinski definition) is 3. The van der Waals surface area contributed by atoms with Crippen LogP contribution in [0, 0.1) is 0 Å². The van der Waals surface area contributed by atoms with Gasteiger partial charge in [-0.15, -0.1) is 0 Å². The lowest BCUT2D eigenvalue weighted by molar-refractivity contribution is -0.143. The van der Waals surface area contributed by atoms with Crippen molar-refractivity contribution < 1.29 is 14.3 Å². The van der Waals surface area contributed by atoms with Gasteiger partial charge in [-0.1, -0.05) is 30.3 Å². The maximum Gasteiger partial charge on any atom is 0.337 e. The number of ether oxygens (including phenoxy) is 2. The van der Waals surface area contributed by atoms with E-state index in [9.17, 15) is 4.79 Å². The average molecular weight is 206 g/mol. The van der Waals surface area contributed by atoms with Gasteiger partial charge in [0.25, 0.3) is 0 Å². The minimum absolute atomic E-state index is 0.256. The molecule has 0 unspecified atom stereocenters. The van der Waals surface area contributed by atoms with Crippen molar-refractivity contribution in [3.05, 3.63) is 35.9 Å². The van der Waals surface area contributed by atoms with Crippen LogP contribution in [-0.2, 0) is 20.7 Å². The van der Waals surface area contributed by atoms with Gasteiger partial charge in [0.2, 0.25) is 6.29 Å². The first-order valence-corrected chi connectivity index (χ1v) is 5.15. The molecule has 0 aliphatic carbocycles. The first kappa shape index (κ1) is 10.2. The Kier molecular flexibility index (Phi) is 3.02. The second-order valence-corrected chi connectivity index (χ2v) is 3.67. The van der Waals surface area contributed by atoms with Crippen LogP contribution in [0.5, 0.6) is 0 Å². The molecule has 0 radical (unpaired) electrons. The van der Waals surface area contributed by atoms with Gasteiger partial charge in [-0.2, -0.15) is 0 Å². The Bertz CT molecular complexity index is 334. The highest BCUT2D eigenvalue weighted by atomic mass is 16.7. The first-order valence-electron chi connectivity index (χ1n) is 5.15. The summed E-state index contributed by atoms with van der Waals surface area (Å²) in [6, 6.07) is 10.1. The molecule has 0 amide bonds. The Morgan fingerprint density at radius 2 is 2.00 bits per heavy atom. The standard InChI is InChI=1S/C12H14O3/c1-9-12(13)15-11(14-9)8-7-10-5-3-2-4-6-10/h2-6,9,11H,7-8H2,1H3/t9-,11+/m1/s1. The molecule has 1 aromatic rings. The summed E-state index contributed by atoms with van der Waals surface area (Å²) >= 11 is 0. The third-order valence-electron chi connectivity index (χ3n) is 2.45. The van der Waals surface area contributed by atoms with E-state index >= 15 is 0 Å². The van der Waals surface area contributed by atoms with Gasteiger partial charge < -0.3 is 9.47 Å². The molecule has 3 nitrogen and oxygen atoms in total. The zero-order valence-electron chi connectivity index (χ0n) is 8.68. The number of esters is 1. The lowest BCUT2D eigenvalue weighted by Gasteiger charge is -2.08. The third-order valence-corrected chi connectivity index (χ3v) is 2.45. The van der Waals surface area contributed by atoms with Crippen LogP contribution in [0.3, 0.4) is 0 Å². The van der Waals surface area contributed by atoms with Crippen LogP contribution in [0.25, 0.3) is 0 Å². The Hall–Kier alpha value is -1.35. The van der Waals surface area contributed by atoms with Crippen molar-refractivity contribution in [2.24, 2.45) is 0 Å². The van der Waals surface area contributed by atoms with Crippen molar-refractivity contribution in [3.63, 3.8) is 0 Å². The van der Waals surface area contributed by atoms with E-state index in [1.165, 1.54) is 5.56 Å². The lowest BCUT2D eigenvalue weighted by atomic mass is 10.1. The van der Waals surface area contributed by atoms with E-state index in [-0.39, 0.29) is 12.3 Å². The molecule has 1 aromatic carbocycles. The van der Waals surface area contributed by atoms with Gasteiger partial charge in [-0.3, -0.25) is 0 Å². The third kappa shape index (κ3) is 2.57. The largest absolute Gasteiger partial charge is 0.434 e. The predicted octanol–water partition coefficient (Wildman–Crippen LogP) is 1.91. The maximum atomic E-state index is 11.0. The second-order valence-electron chi connectivity index (χ2n) is 3.67. The molecule has 3 heteroatoms. The summed E-state index contributed by atoms with van der Waals surface area (Å²) in [5, 5.41) is 0. The van der Waals surface area contributed by atoms with E-state index in [2.05, 4.69) is 12.1 Å². The molecule has 0 aromatic heterocycles. The molecule has 1 fully saturated rings. The summed E-state index contributed by atoms with van der Waals surface area (Å²) < 4.78 is 10.4. The van der Waals surface area contributed by atoms with Gasteiger partial charge >= 0.3 is 5.97 Å². The molecule has 2 rings (SSSR count). The van der Waals surface area contributed by atoms with Gasteiger partial charge in [0.05, 0.1) is 0 Å². The van der Waals surface area contributed by atoms with Crippen LogP contribution in [0.15, 0.2) is 30.3 Å². The van der Waals surface area contributed by atoms with Crippen LogP contribution < -0.4 is 0 Å². The second kappa shape index (κ2) is 4.45. The van der Waals surface area contributed by atoms with Gasteiger partial charge in [0.1, 0.15) is 0 Å². The number of carbonyl (C=O) groups is 1. The van der Waals surface area contributed by atoms with Crippen molar-refractivity contribution in [2.45, 2.75) is 32.2 Å². The SMILES string of the molecule is C[C@H]1O[C@H](CCc2ccccc2)OC1=O. The summed E-state index contributed by atoms with van der Waals surface area (Å²) in [6.07, 6.45) is 0.810. The van der Waals surface area contributed by atoms with E-state index in [1.54, 1.807) is 6.92 Å². The Balaban J connectivity index is 1.82. The molecular formula is C12H14O3. The van der Waals surface area contributed by atoms with Crippen molar-refractivity contribution >= 4 is 5.97 Å². The predicted molar refractivity (Wildman–Crippen MR) is 55.2 cm³/mol. The van der Waals surface area contributed by atoms with E-state index in [1.807, 2.05) is 18.2 Å². The van der Waals surface area contributed by atoms with Gasteiger partial charge in [0.15, 0.2) is 6.10 Å². The summed E-state index contributed by atoms with van der Waals surface area (Å²) in [6.45, 7) is 1.71. The van der Waals surface area contributed by atoms with Crippen molar-refractivity contribution in [2.75, 3.05) is 0 Å². The van der Waals surface area contributed by atoms with Crippen LogP contribution in [-0.4, -0.2) is 18.4 Å². The van der Waals surface area contributed by atoms with Gasteiger partial charge in [-0.25, -0.2) is 4.79 Å². The fourth-order valence-electron chi connectivity index (χ4n) is 1.59. The Morgan fingerprint density at radius 1 is 1.27 bits per heavy atom. The highest BCUT2D eigenvalue weighted by molar-refractivity contribution is 5.75. The van der Waals surface area contributed by atoms with E-state index < -0.39 is 6.10 Å². The van der Waals surface area contributed by atoms with Crippen LogP contribution >= 0.6 is 0 Å². The van der Waals surface area contributed by atoms with E-state index in [0.717, 1.165) is 12.8 Å². The van der Waals surface area contributed by atoms with Crippen molar-refractivity contribution in [1.29, 1.82) is 0 Å². The summed E-state index contributed by atoms with van der Waals surface area (Å²) in [7, 11) is 0. The molecule has 0 spiro atoms. The number of cyclic esters (lactones) is 1. The normalized spacial score (nSPS) is 25.3. The quantitative estimate of drug-likeness (QED) is 0.709. The zero-order valence-corrected chi connectivity index (χ0v) is 8.68. The van der Waals surface area contributed by atoms with Gasteiger partial charge in [0, 0.05) is 6.42 Å². The molecule has 80 valence electrons. The van der Waals surface area contributed by atoms with E-state index in [0.29, 0.717) is 0 Å². The van der Waals surface area contributed by atoms with Crippen LogP contribution in [0.1, 0.15) is 18.9 Å². The number of carbonyl (C=O) groups excluding carboxylic acids is 1. The molecule has 0 saturated carbocycles. The lowest BCUT2D eigenvalue weighted by Crippen LogP contribution is -2.10. The average Bonchev–Trinajstić information content (AvgIpc) is 2.57. The van der Waals surface area contributed by atoms with Crippen LogP contribution in [0.2, 0.25) is 0 Å². The van der Waals surface area contributed by atoms with E-state index in [4.69, 9.17) is 9.47 Å². The van der Waals surface area contributed by atoms with Crippen LogP contribution in [0.4, 0.5) is 0 Å². The smallest absolute Gasteiger partial charge is 0.337 e. The topological polar surface area (TPSA) is 35.5 Å². The molecular weight excluding hydrogens is 192 g/mol. The molecule has 1 heterocycles. The Labute approximate surface area is 89.0 Å². The number of hydrogen-bond donors (Lipinski definition) is 0. The highest BCUT2D eigenvalue weighted by Crippen LogP contribution is 2.17. The molecule has 1 aliphatic rings. The Morgan fingerprint density at radius 3 is 2.60 bits per heavy atom. The summed E-state index contributed by atoms with van der Waals surface area (Å²) in [5.74, 6) is -0.256. The molecule has 1 saturated heterocycles. The molecule has 0 bridgehead atoms. The minimum atomic E-state index is -0.411. The monoisotopic (exact) mass is 206 g/mol.